The molecule has 8 saturated heterocycles. The third-order valence-corrected chi connectivity index (χ3v) is 21.8. The number of aryl methyl sites for hydroxylation is 2. The number of amides is 22. The van der Waals surface area contributed by atoms with Crippen LogP contribution in [0.4, 0.5) is 33.6 Å². The molecule has 0 bridgehead atoms. The Labute approximate surface area is 859 Å². The number of imide groups is 8. The Morgan fingerprint density at radius 3 is 1.08 bits per heavy atom. The van der Waals surface area contributed by atoms with Gasteiger partial charge in [-0.2, -0.15) is 0 Å². The van der Waals surface area contributed by atoms with Crippen molar-refractivity contribution in [3.05, 3.63) is 362 Å². The van der Waals surface area contributed by atoms with Crippen LogP contribution in [-0.4, -0.2) is 202 Å². The number of allylic oxidation sites excluding steroid dienone is 14. The molecule has 0 unspecified atom stereocenters. The van der Waals surface area contributed by atoms with Gasteiger partial charge in [-0.3, -0.25) is 140 Å². The molecule has 8 aliphatic heterocycles. The summed E-state index contributed by atoms with van der Waals surface area (Å²) < 4.78 is 36.0. The number of hydrogen-bond donors (Lipinski definition) is 10. The van der Waals surface area contributed by atoms with Crippen molar-refractivity contribution in [2.24, 2.45) is 0 Å². The maximum atomic E-state index is 12.9. The summed E-state index contributed by atoms with van der Waals surface area (Å²) in [7, 11) is 5.52. The van der Waals surface area contributed by atoms with E-state index in [2.05, 4.69) is 54.8 Å². The molecule has 0 radical (unpaired) electrons. The highest BCUT2D eigenvalue weighted by Crippen LogP contribution is 2.27. The minimum Gasteiger partial charge on any atom is -0.497 e. The second-order valence-electron chi connectivity index (χ2n) is 31.5. The molecule has 8 aliphatic rings. The number of hydrogen-bond acceptors (Lipinski definition) is 24. The van der Waals surface area contributed by atoms with Gasteiger partial charge < -0.3 is 14.4 Å². The van der Waals surface area contributed by atoms with Gasteiger partial charge in [-0.15, -0.1) is 0 Å². The van der Waals surface area contributed by atoms with Gasteiger partial charge in [0, 0.05) is 58.7 Å². The minimum atomic E-state index is -0.838. The molecule has 15 rings (SSSR count). The van der Waals surface area contributed by atoms with Crippen molar-refractivity contribution in [2.75, 3.05) is 59.0 Å². The van der Waals surface area contributed by atoms with Crippen LogP contribution in [0, 0.1) is 25.5 Å². The number of halogens is 2. The highest BCUT2D eigenvalue weighted by molar-refractivity contribution is 7.80. The second kappa shape index (κ2) is 55.9. The fourth-order valence-electron chi connectivity index (χ4n) is 13.4. The number of urea groups is 4. The van der Waals surface area contributed by atoms with Crippen LogP contribution in [0.25, 0.3) is 42.5 Å². The summed E-state index contributed by atoms with van der Waals surface area (Å²) >= 11 is 14.1. The first kappa shape index (κ1) is 112. The topological polar surface area (TPSA) is 462 Å². The van der Waals surface area contributed by atoms with Crippen LogP contribution < -0.4 is 62.8 Å². The molecular weight excluding hydrogens is 1950 g/mol. The second-order valence-corrected chi connectivity index (χ2v) is 32.8. The lowest BCUT2D eigenvalue weighted by Crippen LogP contribution is -2.60. The zero-order chi connectivity index (χ0) is 107. The zero-order valence-electron chi connectivity index (χ0n) is 80.3. The van der Waals surface area contributed by atoms with Gasteiger partial charge >= 0.3 is 24.1 Å². The molecule has 147 heavy (non-hydrogen) atoms. The molecule has 0 saturated carbocycles. The first-order valence-electron chi connectivity index (χ1n) is 45.0. The predicted molar refractivity (Wildman–Crippen MR) is 559 cm³/mol. The molecule has 0 aromatic heterocycles. The lowest BCUT2D eigenvalue weighted by atomic mass is 10.0. The summed E-state index contributed by atoms with van der Waals surface area (Å²) in [5, 5.41) is 22.4. The highest BCUT2D eigenvalue weighted by Gasteiger charge is 2.45. The van der Waals surface area contributed by atoms with E-state index in [1.165, 1.54) is 89.4 Å². The molecule has 7 aromatic carbocycles. The number of likely N-dealkylation sites (N-methyl/N-ethyl adjacent to an activating group) is 3. The van der Waals surface area contributed by atoms with Gasteiger partial charge in [-0.25, -0.2) is 28.0 Å². The van der Waals surface area contributed by atoms with Gasteiger partial charge in [-0.05, 0) is 220 Å². The maximum absolute atomic E-state index is 12.9. The Hall–Kier alpha value is -18.2. The van der Waals surface area contributed by atoms with Gasteiger partial charge in [0.05, 0.1) is 7.11 Å². The Balaban J connectivity index is 0.000000191. The van der Waals surface area contributed by atoms with Gasteiger partial charge in [-0.1, -0.05) is 218 Å². The van der Waals surface area contributed by atoms with E-state index < -0.39 is 107 Å². The van der Waals surface area contributed by atoms with Crippen molar-refractivity contribution in [1.29, 1.82) is 0 Å². The average Bonchev–Trinajstić information content (AvgIpc) is 0.769. The summed E-state index contributed by atoms with van der Waals surface area (Å²) in [4.78, 5) is 218. The average molecular weight is 2050 g/mol. The SMILES string of the molecule is CCN1C(=O)/C(=C\C=C\c2ccccc2)C(=O)N(C2CCOCC2)C1=O.CCN1C(=O)NC(=O)/C(=C\C=C\c2ccc(N(C)C)cc2)C1=O.CCN1C(=O)NC(=O)/C(=C\C=C\c2ccccc2C)C1=O.COc1ccc(/C=C/C=C2C(=O)NC(=S)NC2=O)cc1.Cc1ccc(/C=C/C=C2C(=O)NC(=S)NC2=O)cc1.O=C1NC(=O)C(=C/C=C/c2ccc(F)cc2)C(=O)N1.O=C1NC(=S)NC(=O)C1=C/C=C/c1cccc(F)c1. The molecule has 0 atom stereocenters. The van der Waals surface area contributed by atoms with E-state index in [4.69, 9.17) is 33.9 Å². The van der Waals surface area contributed by atoms with Gasteiger partial charge in [0.25, 0.3) is 82.7 Å². The number of ether oxygens (including phenoxy) is 2. The fraction of sp³-hybridized carbons (Fsp3) is 0.150. The summed E-state index contributed by atoms with van der Waals surface area (Å²) in [5.41, 5.74) is 9.29. The molecule has 0 spiro atoms. The Bertz CT molecular complexity index is 6610. The Morgan fingerprint density at radius 1 is 0.354 bits per heavy atom. The number of thiocarbonyl (C=S) groups is 3. The largest absolute Gasteiger partial charge is 0.497 e. The molecule has 754 valence electrons. The van der Waals surface area contributed by atoms with Crippen LogP contribution in [0.1, 0.15) is 83.7 Å². The van der Waals surface area contributed by atoms with Crippen LogP contribution >= 0.6 is 36.7 Å². The van der Waals surface area contributed by atoms with E-state index in [9.17, 15) is 95.1 Å². The molecule has 40 heteroatoms. The number of nitrogens with one attached hydrogen (secondary N) is 10. The fourth-order valence-corrected chi connectivity index (χ4v) is 14.0. The zero-order valence-corrected chi connectivity index (χ0v) is 82.7. The number of anilines is 1. The Morgan fingerprint density at radius 2 is 0.687 bits per heavy atom. The standard InChI is InChI=1S/C20H22N2O4.C17H19N3O3.C16H16N2O3.C14H12N2O3S.C14H12N2O2S.C13H9FN2O3.C13H9FN2O2S/c1-2-21-18(23)17(10-6-9-15-7-4-3-5-8-15)19(24)22(20(21)25)16-11-13-26-14-12-16;1-4-20-16(22)14(15(21)18-17(20)23)7-5-6-12-8-10-13(11-9-12)19(2)3;1-3-18-15(20)13(14(19)17-16(18)21)10-6-9-12-8-5-4-7-11(12)2;1-19-10-7-5-9(6-8-10)3-2-4-11-12(17)15-14(20)16-13(11)18;1-9-5-7-10(8-6-9)3-2-4-11-12(17)15-14(19)16-13(11)18;14-9-6-4-8(5-7-9)2-1-3-10-11(17)15-13(19)16-12(10)18;14-9-5-1-3-8(7-9)4-2-6-10-11(17)15-13(19)16-12(10)18/h3-10,16H,2,11-14H2,1H3;5-11H,4H2,1-3H3,(H,18,21,23);4-10H,3H2,1-2H3,(H,17,19,21);2-8H,1H3,(H2,15,16,17,18,20);2-8H,1H3,(H2,15,16,17,18,19);2*1-7H,(H2,15,16,17,18,19)/b9-6+,17-10+;6-5+,14-7+;9-6+,13-10+;2*3-2+;2-1+;4-2+. The van der Waals surface area contributed by atoms with Gasteiger partial charge in [0.2, 0.25) is 0 Å². The summed E-state index contributed by atoms with van der Waals surface area (Å²) in [6.45, 7) is 10.7. The van der Waals surface area contributed by atoms with Crippen molar-refractivity contribution in [3.63, 3.8) is 0 Å². The summed E-state index contributed by atoms with van der Waals surface area (Å²) in [6, 6.07) is 49.2. The van der Waals surface area contributed by atoms with Crippen molar-refractivity contribution < 1.29 is 105 Å². The normalized spacial score (nSPS) is 17.0. The van der Waals surface area contributed by atoms with Gasteiger partial charge in [0.1, 0.15) is 56.4 Å². The van der Waals surface area contributed by atoms with Crippen LogP contribution in [-0.2, 0) is 71.9 Å². The number of carbonyl (C=O) groups is 18. The van der Waals surface area contributed by atoms with E-state index in [0.717, 1.165) is 59.5 Å². The number of barbiturate groups is 4. The molecule has 10 N–H and O–H groups in total. The molecule has 0 aliphatic carbocycles. The smallest absolute Gasteiger partial charge is 0.334 e. The predicted octanol–water partition coefficient (Wildman–Crippen LogP) is 11.5. The maximum Gasteiger partial charge on any atom is 0.334 e. The molecular formula is C107H99F2N15O20S3. The quantitative estimate of drug-likeness (QED) is 0.0192. The molecule has 35 nitrogen and oxygen atoms in total. The molecule has 8 fully saturated rings. The summed E-state index contributed by atoms with van der Waals surface area (Å²) in [5.74, 6) is -8.06. The van der Waals surface area contributed by atoms with Crippen molar-refractivity contribution >= 4 is 207 Å². The molecule has 22 amide bonds. The van der Waals surface area contributed by atoms with Gasteiger partial charge in [0.15, 0.2) is 15.3 Å². The lowest BCUT2D eigenvalue weighted by molar-refractivity contribution is -0.139. The number of rotatable bonds is 20. The van der Waals surface area contributed by atoms with Crippen LogP contribution in [0.3, 0.4) is 0 Å². The monoisotopic (exact) mass is 2050 g/mol. The third-order valence-electron chi connectivity index (χ3n) is 21.2. The van der Waals surface area contributed by atoms with E-state index >= 15 is 0 Å². The van der Waals surface area contributed by atoms with Crippen LogP contribution in [0.5, 0.6) is 5.75 Å². The van der Waals surface area contributed by atoms with E-state index in [-0.39, 0.29) is 91.7 Å². The number of nitrogens with zero attached hydrogens (tertiary/aromatic N) is 5. The minimum absolute atomic E-state index is 0.0127. The number of benzene rings is 7. The first-order chi connectivity index (χ1) is 70.4. The lowest BCUT2D eigenvalue weighted by Gasteiger charge is -2.39. The van der Waals surface area contributed by atoms with Crippen molar-refractivity contribution in [1.82, 2.24) is 72.8 Å². The van der Waals surface area contributed by atoms with Crippen LogP contribution in [0.15, 0.2) is 300 Å². The first-order valence-corrected chi connectivity index (χ1v) is 46.2. The van der Waals surface area contributed by atoms with Crippen LogP contribution in [0.2, 0.25) is 0 Å². The van der Waals surface area contributed by atoms with E-state index in [1.54, 1.807) is 107 Å². The number of methoxy groups -OCH3 is 1. The highest BCUT2D eigenvalue weighted by atomic mass is 32.1. The third kappa shape index (κ3) is 33.8. The summed E-state index contributed by atoms with van der Waals surface area (Å²) in [6.07, 6.45) is 34.5. The van der Waals surface area contributed by atoms with E-state index in [0.29, 0.717) is 37.2 Å². The molecule has 7 aromatic rings. The van der Waals surface area contributed by atoms with E-state index in [1.807, 2.05) is 189 Å². The van der Waals surface area contributed by atoms with Crippen molar-refractivity contribution in [2.45, 2.75) is 53.5 Å². The number of carbonyl (C=O) groups excluding carboxylic acids is 18. The Kier molecular flexibility index (Phi) is 42.8. The van der Waals surface area contributed by atoms with Crippen molar-refractivity contribution in [3.8, 4) is 5.75 Å². The molecule has 8 heterocycles.